The lowest BCUT2D eigenvalue weighted by atomic mass is 10.0. The summed E-state index contributed by atoms with van der Waals surface area (Å²) in [5.74, 6) is -1.79. The van der Waals surface area contributed by atoms with Gasteiger partial charge in [-0.05, 0) is 40.8 Å². The standard InChI is InChI=1S/C16H19O4PS/c17-16(18)15(7-6-14-8-9-22-12-14)11-21(19,20)10-13-4-2-1-3-5-13/h1-5,8-9,12,15H,6-7,10-11H2,(H,17,18)(H,19,20). The smallest absolute Gasteiger partial charge is 0.307 e. The molecule has 0 aliphatic carbocycles. The van der Waals surface area contributed by atoms with E-state index in [0.29, 0.717) is 12.8 Å². The van der Waals surface area contributed by atoms with E-state index in [9.17, 15) is 19.4 Å². The highest BCUT2D eigenvalue weighted by molar-refractivity contribution is 7.57. The maximum Gasteiger partial charge on any atom is 0.307 e. The molecular weight excluding hydrogens is 319 g/mol. The summed E-state index contributed by atoms with van der Waals surface area (Å²) in [5.41, 5.74) is 1.84. The summed E-state index contributed by atoms with van der Waals surface area (Å²) >= 11 is 1.56. The van der Waals surface area contributed by atoms with Gasteiger partial charge in [0.15, 0.2) is 0 Å². The summed E-state index contributed by atoms with van der Waals surface area (Å²) < 4.78 is 12.4. The van der Waals surface area contributed by atoms with Crippen LogP contribution in [0, 0.1) is 5.92 Å². The zero-order valence-corrected chi connectivity index (χ0v) is 13.8. The maximum absolute atomic E-state index is 12.4. The van der Waals surface area contributed by atoms with Gasteiger partial charge in [0, 0.05) is 12.3 Å². The van der Waals surface area contributed by atoms with Crippen molar-refractivity contribution in [3.05, 3.63) is 58.3 Å². The van der Waals surface area contributed by atoms with Crippen LogP contribution in [0.2, 0.25) is 0 Å². The number of hydrogen-bond acceptors (Lipinski definition) is 3. The van der Waals surface area contributed by atoms with Crippen LogP contribution in [0.4, 0.5) is 0 Å². The molecule has 0 fully saturated rings. The quantitative estimate of drug-likeness (QED) is 0.717. The highest BCUT2D eigenvalue weighted by Crippen LogP contribution is 2.46. The number of aryl methyl sites for hydroxylation is 1. The summed E-state index contributed by atoms with van der Waals surface area (Å²) in [6, 6.07) is 11.0. The SMILES string of the molecule is O=C(O)C(CCc1ccsc1)CP(=O)(O)Cc1ccccc1. The van der Waals surface area contributed by atoms with Gasteiger partial charge in [-0.25, -0.2) is 0 Å². The minimum absolute atomic E-state index is 0.0239. The largest absolute Gasteiger partial charge is 0.481 e. The fourth-order valence-corrected chi connectivity index (χ4v) is 4.99. The number of aliphatic carboxylic acids is 1. The molecular formula is C16H19O4PS. The number of benzene rings is 1. The Bertz CT molecular complexity index is 639. The van der Waals surface area contributed by atoms with E-state index < -0.39 is 19.3 Å². The van der Waals surface area contributed by atoms with Crippen LogP contribution < -0.4 is 0 Å². The van der Waals surface area contributed by atoms with Crippen molar-refractivity contribution >= 4 is 24.7 Å². The van der Waals surface area contributed by atoms with Crippen LogP contribution in [-0.4, -0.2) is 22.1 Å². The van der Waals surface area contributed by atoms with Crippen molar-refractivity contribution in [3.8, 4) is 0 Å². The van der Waals surface area contributed by atoms with E-state index in [4.69, 9.17) is 0 Å². The molecule has 1 aromatic heterocycles. The van der Waals surface area contributed by atoms with E-state index in [1.807, 2.05) is 22.9 Å². The Labute approximate surface area is 133 Å². The Balaban J connectivity index is 1.97. The van der Waals surface area contributed by atoms with Gasteiger partial charge in [0.2, 0.25) is 7.37 Å². The first-order valence-electron chi connectivity index (χ1n) is 7.05. The topological polar surface area (TPSA) is 74.6 Å². The molecule has 0 radical (unpaired) electrons. The first-order valence-corrected chi connectivity index (χ1v) is 10.0. The van der Waals surface area contributed by atoms with Crippen molar-refractivity contribution in [2.24, 2.45) is 5.92 Å². The van der Waals surface area contributed by atoms with Crippen molar-refractivity contribution in [1.82, 2.24) is 0 Å². The summed E-state index contributed by atoms with van der Waals surface area (Å²) in [4.78, 5) is 21.5. The molecule has 2 N–H and O–H groups in total. The first-order chi connectivity index (χ1) is 10.5. The van der Waals surface area contributed by atoms with Gasteiger partial charge in [0.1, 0.15) is 0 Å². The van der Waals surface area contributed by atoms with Gasteiger partial charge in [-0.1, -0.05) is 30.3 Å². The van der Waals surface area contributed by atoms with Crippen LogP contribution >= 0.6 is 18.7 Å². The molecule has 0 spiro atoms. The lowest BCUT2D eigenvalue weighted by Crippen LogP contribution is -2.19. The molecule has 0 aliphatic rings. The lowest BCUT2D eigenvalue weighted by Gasteiger charge is -2.17. The second-order valence-corrected chi connectivity index (χ2v) is 8.53. The van der Waals surface area contributed by atoms with Gasteiger partial charge in [0.25, 0.3) is 0 Å². The van der Waals surface area contributed by atoms with E-state index in [1.54, 1.807) is 35.6 Å². The molecule has 0 saturated heterocycles. The molecule has 2 rings (SSSR count). The van der Waals surface area contributed by atoms with Crippen LogP contribution in [0.15, 0.2) is 47.2 Å². The average molecular weight is 338 g/mol. The molecule has 0 amide bonds. The van der Waals surface area contributed by atoms with Crippen molar-refractivity contribution < 1.29 is 19.4 Å². The molecule has 2 atom stereocenters. The van der Waals surface area contributed by atoms with Crippen molar-refractivity contribution in [3.63, 3.8) is 0 Å². The van der Waals surface area contributed by atoms with E-state index in [1.165, 1.54) is 0 Å². The fraction of sp³-hybridized carbons (Fsp3) is 0.312. The molecule has 2 aromatic rings. The molecule has 0 saturated carbocycles. The Hall–Kier alpha value is -1.42. The zero-order valence-electron chi connectivity index (χ0n) is 12.1. The number of carboxylic acid groups (broad SMARTS) is 1. The summed E-state index contributed by atoms with van der Waals surface area (Å²) in [6.07, 6.45) is 0.842. The molecule has 1 heterocycles. The van der Waals surface area contributed by atoms with Gasteiger partial charge in [-0.15, -0.1) is 0 Å². The molecule has 0 aliphatic heterocycles. The predicted molar refractivity (Wildman–Crippen MR) is 88.6 cm³/mol. The zero-order chi connectivity index (χ0) is 16.0. The lowest BCUT2D eigenvalue weighted by molar-refractivity contribution is -0.141. The second kappa shape index (κ2) is 7.73. The van der Waals surface area contributed by atoms with Gasteiger partial charge >= 0.3 is 5.97 Å². The van der Waals surface area contributed by atoms with Crippen LogP contribution in [0.3, 0.4) is 0 Å². The molecule has 2 unspecified atom stereocenters. The number of rotatable bonds is 8. The summed E-state index contributed by atoms with van der Waals surface area (Å²) in [5, 5.41) is 13.2. The Morgan fingerprint density at radius 1 is 1.18 bits per heavy atom. The van der Waals surface area contributed by atoms with E-state index in [-0.39, 0.29) is 12.3 Å². The van der Waals surface area contributed by atoms with Crippen molar-refractivity contribution in [2.75, 3.05) is 6.16 Å². The van der Waals surface area contributed by atoms with Crippen molar-refractivity contribution in [1.29, 1.82) is 0 Å². The first kappa shape index (κ1) is 16.9. The Morgan fingerprint density at radius 2 is 1.91 bits per heavy atom. The van der Waals surface area contributed by atoms with Gasteiger partial charge in [-0.3, -0.25) is 9.36 Å². The number of carboxylic acids is 1. The minimum Gasteiger partial charge on any atom is -0.481 e. The fourth-order valence-electron chi connectivity index (χ4n) is 2.35. The Morgan fingerprint density at radius 3 is 2.50 bits per heavy atom. The third kappa shape index (κ3) is 5.41. The van der Waals surface area contributed by atoms with E-state index >= 15 is 0 Å². The highest BCUT2D eigenvalue weighted by atomic mass is 32.1. The molecule has 6 heteroatoms. The maximum atomic E-state index is 12.4. The molecule has 4 nitrogen and oxygen atoms in total. The third-order valence-corrected chi connectivity index (χ3v) is 6.09. The molecule has 22 heavy (non-hydrogen) atoms. The Kier molecular flexibility index (Phi) is 5.95. The van der Waals surface area contributed by atoms with Crippen LogP contribution in [0.1, 0.15) is 17.5 Å². The van der Waals surface area contributed by atoms with Gasteiger partial charge in [-0.2, -0.15) is 11.3 Å². The van der Waals surface area contributed by atoms with Crippen LogP contribution in [-0.2, 0) is 21.9 Å². The summed E-state index contributed by atoms with van der Waals surface area (Å²) in [6.45, 7) is 0. The van der Waals surface area contributed by atoms with Gasteiger partial charge < -0.3 is 10.00 Å². The average Bonchev–Trinajstić information content (AvgIpc) is 2.97. The number of thiophene rings is 1. The van der Waals surface area contributed by atoms with Crippen LogP contribution in [0.25, 0.3) is 0 Å². The molecule has 118 valence electrons. The predicted octanol–water partition coefficient (Wildman–Crippen LogP) is 3.85. The normalized spacial score (nSPS) is 15.1. The van der Waals surface area contributed by atoms with Crippen molar-refractivity contribution in [2.45, 2.75) is 19.0 Å². The highest BCUT2D eigenvalue weighted by Gasteiger charge is 2.28. The van der Waals surface area contributed by atoms with E-state index in [2.05, 4.69) is 0 Å². The number of hydrogen-bond donors (Lipinski definition) is 2. The molecule has 1 aromatic carbocycles. The second-order valence-electron chi connectivity index (χ2n) is 5.38. The number of carbonyl (C=O) groups is 1. The van der Waals surface area contributed by atoms with E-state index in [0.717, 1.165) is 11.1 Å². The van der Waals surface area contributed by atoms with Crippen LogP contribution in [0.5, 0.6) is 0 Å². The summed E-state index contributed by atoms with van der Waals surface area (Å²) in [7, 11) is -3.51. The molecule has 0 bridgehead atoms. The van der Waals surface area contributed by atoms with Gasteiger partial charge in [0.05, 0.1) is 5.92 Å². The third-order valence-electron chi connectivity index (χ3n) is 3.49. The minimum atomic E-state index is -3.51. The monoisotopic (exact) mass is 338 g/mol.